The lowest BCUT2D eigenvalue weighted by molar-refractivity contribution is -0.131. The van der Waals surface area contributed by atoms with Gasteiger partial charge in [0.2, 0.25) is 11.9 Å². The highest BCUT2D eigenvalue weighted by molar-refractivity contribution is 5.81. The number of amides is 1. The minimum Gasteiger partial charge on any atom is -0.357 e. The summed E-state index contributed by atoms with van der Waals surface area (Å²) in [6.45, 7) is 13.1. The van der Waals surface area contributed by atoms with E-state index in [1.54, 1.807) is 12.4 Å². The quantitative estimate of drug-likeness (QED) is 0.595. The number of aromatic nitrogens is 2. The molecule has 2 aliphatic rings. The van der Waals surface area contributed by atoms with Crippen LogP contribution < -0.4 is 10.2 Å². The Kier molecular flexibility index (Phi) is 7.66. The molecule has 1 aromatic heterocycles. The molecule has 0 aliphatic carbocycles. The van der Waals surface area contributed by atoms with Crippen molar-refractivity contribution in [3.05, 3.63) is 18.5 Å². The molecule has 2 atom stereocenters. The van der Waals surface area contributed by atoms with E-state index in [9.17, 15) is 4.79 Å². The maximum Gasteiger partial charge on any atom is 0.225 e. The Labute approximate surface area is 174 Å². The van der Waals surface area contributed by atoms with Gasteiger partial charge in [0.25, 0.3) is 0 Å². The Morgan fingerprint density at radius 2 is 1.76 bits per heavy atom. The molecule has 29 heavy (non-hydrogen) atoms. The van der Waals surface area contributed by atoms with Gasteiger partial charge in [0.05, 0.1) is 6.54 Å². The highest BCUT2D eigenvalue weighted by Gasteiger charge is 2.25. The predicted octanol–water partition coefficient (Wildman–Crippen LogP) is 1.46. The van der Waals surface area contributed by atoms with Crippen molar-refractivity contribution >= 4 is 17.8 Å². The third-order valence-corrected chi connectivity index (χ3v) is 5.56. The van der Waals surface area contributed by atoms with Gasteiger partial charge in [-0.05, 0) is 31.2 Å². The van der Waals surface area contributed by atoms with Crippen LogP contribution in [0.4, 0.5) is 5.95 Å². The molecule has 8 heteroatoms. The van der Waals surface area contributed by atoms with Gasteiger partial charge < -0.3 is 20.0 Å². The number of aliphatic imine (C=N–C) groups is 1. The van der Waals surface area contributed by atoms with Crippen molar-refractivity contribution in [3.63, 3.8) is 0 Å². The van der Waals surface area contributed by atoms with Crippen LogP contribution >= 0.6 is 0 Å². The highest BCUT2D eigenvalue weighted by Crippen LogP contribution is 2.21. The molecular formula is C21H35N7O. The first-order valence-corrected chi connectivity index (χ1v) is 10.9. The minimum absolute atomic E-state index is 0.179. The number of piperidine rings is 1. The van der Waals surface area contributed by atoms with Crippen LogP contribution in [-0.4, -0.2) is 84.0 Å². The summed E-state index contributed by atoms with van der Waals surface area (Å²) in [5.74, 6) is 3.22. The Morgan fingerprint density at radius 1 is 1.10 bits per heavy atom. The van der Waals surface area contributed by atoms with Crippen LogP contribution in [0.1, 0.15) is 33.6 Å². The maximum absolute atomic E-state index is 12.6. The van der Waals surface area contributed by atoms with Gasteiger partial charge in [-0.25, -0.2) is 9.97 Å². The van der Waals surface area contributed by atoms with E-state index in [1.165, 1.54) is 6.42 Å². The second-order valence-corrected chi connectivity index (χ2v) is 8.25. The first kappa shape index (κ1) is 21.3. The van der Waals surface area contributed by atoms with Crippen molar-refractivity contribution in [1.29, 1.82) is 0 Å². The van der Waals surface area contributed by atoms with Gasteiger partial charge in [-0.3, -0.25) is 9.79 Å². The average Bonchev–Trinajstić information content (AvgIpc) is 2.73. The SMILES string of the molecule is CCNC(=NCCC(=O)N1CCN(c2ncccn2)CC1)N1CC(C)CC(C)C1. The number of guanidine groups is 1. The van der Waals surface area contributed by atoms with Gasteiger partial charge in [-0.2, -0.15) is 0 Å². The fourth-order valence-electron chi connectivity index (χ4n) is 4.29. The third-order valence-electron chi connectivity index (χ3n) is 5.56. The summed E-state index contributed by atoms with van der Waals surface area (Å²) in [6.07, 6.45) is 5.23. The zero-order chi connectivity index (χ0) is 20.6. The van der Waals surface area contributed by atoms with Gasteiger partial charge in [0.15, 0.2) is 5.96 Å². The van der Waals surface area contributed by atoms with Gasteiger partial charge >= 0.3 is 0 Å². The van der Waals surface area contributed by atoms with Crippen molar-refractivity contribution in [3.8, 4) is 0 Å². The number of hydrogen-bond donors (Lipinski definition) is 1. The van der Waals surface area contributed by atoms with E-state index in [2.05, 4.69) is 45.9 Å². The van der Waals surface area contributed by atoms with E-state index < -0.39 is 0 Å². The fourth-order valence-corrected chi connectivity index (χ4v) is 4.29. The lowest BCUT2D eigenvalue weighted by atomic mass is 9.92. The number of hydrogen-bond acceptors (Lipinski definition) is 5. The summed E-state index contributed by atoms with van der Waals surface area (Å²) >= 11 is 0. The lowest BCUT2D eigenvalue weighted by Gasteiger charge is -2.37. The zero-order valence-electron chi connectivity index (χ0n) is 18.0. The zero-order valence-corrected chi connectivity index (χ0v) is 18.0. The van der Waals surface area contributed by atoms with Crippen molar-refractivity contribution < 1.29 is 4.79 Å². The molecule has 2 fully saturated rings. The molecule has 1 amide bonds. The lowest BCUT2D eigenvalue weighted by Crippen LogP contribution is -2.49. The molecule has 160 valence electrons. The predicted molar refractivity (Wildman–Crippen MR) is 116 cm³/mol. The molecule has 8 nitrogen and oxygen atoms in total. The van der Waals surface area contributed by atoms with Crippen LogP contribution in [-0.2, 0) is 4.79 Å². The summed E-state index contributed by atoms with van der Waals surface area (Å²) in [7, 11) is 0. The van der Waals surface area contributed by atoms with Gasteiger partial charge in [0.1, 0.15) is 0 Å². The third kappa shape index (κ3) is 6.05. The standard InChI is InChI=1S/C21H35N7O/c1-4-22-20(28-15-17(2)14-18(3)16-28)25-9-6-19(29)26-10-12-27(13-11-26)21-23-7-5-8-24-21/h5,7-8,17-18H,4,6,9-16H2,1-3H3,(H,22,25). The molecule has 0 aromatic carbocycles. The minimum atomic E-state index is 0.179. The van der Waals surface area contributed by atoms with Crippen molar-refractivity contribution in [2.75, 3.05) is 57.3 Å². The van der Waals surface area contributed by atoms with Crippen LogP contribution in [0.5, 0.6) is 0 Å². The largest absolute Gasteiger partial charge is 0.357 e. The number of rotatable bonds is 5. The van der Waals surface area contributed by atoms with Gasteiger partial charge in [0, 0.05) is 64.6 Å². The topological polar surface area (TPSA) is 77.0 Å². The number of carbonyl (C=O) groups excluding carboxylic acids is 1. The second kappa shape index (κ2) is 10.4. The smallest absolute Gasteiger partial charge is 0.225 e. The van der Waals surface area contributed by atoms with E-state index >= 15 is 0 Å². The number of nitrogens with zero attached hydrogens (tertiary/aromatic N) is 6. The summed E-state index contributed by atoms with van der Waals surface area (Å²) in [4.78, 5) is 32.4. The van der Waals surface area contributed by atoms with Crippen LogP contribution in [0.25, 0.3) is 0 Å². The molecule has 2 saturated heterocycles. The summed E-state index contributed by atoms with van der Waals surface area (Å²) < 4.78 is 0. The molecule has 1 N–H and O–H groups in total. The molecule has 0 spiro atoms. The maximum atomic E-state index is 12.6. The van der Waals surface area contributed by atoms with E-state index in [-0.39, 0.29) is 5.91 Å². The molecule has 0 bridgehead atoms. The molecule has 3 heterocycles. The molecule has 0 saturated carbocycles. The summed E-state index contributed by atoms with van der Waals surface area (Å²) in [5, 5.41) is 3.40. The fraction of sp³-hybridized carbons (Fsp3) is 0.714. The van der Waals surface area contributed by atoms with E-state index in [0.29, 0.717) is 37.9 Å². The van der Waals surface area contributed by atoms with E-state index in [4.69, 9.17) is 4.99 Å². The van der Waals surface area contributed by atoms with E-state index in [1.807, 2.05) is 11.0 Å². The number of carbonyl (C=O) groups is 1. The first-order chi connectivity index (χ1) is 14.1. The number of anilines is 1. The second-order valence-electron chi connectivity index (χ2n) is 8.25. The molecule has 2 aliphatic heterocycles. The first-order valence-electron chi connectivity index (χ1n) is 10.9. The van der Waals surface area contributed by atoms with Crippen molar-refractivity contribution in [1.82, 2.24) is 25.1 Å². The van der Waals surface area contributed by atoms with Crippen LogP contribution in [0.15, 0.2) is 23.5 Å². The molecule has 1 aromatic rings. The van der Waals surface area contributed by atoms with Gasteiger partial charge in [-0.1, -0.05) is 13.8 Å². The van der Waals surface area contributed by atoms with Crippen LogP contribution in [0, 0.1) is 11.8 Å². The monoisotopic (exact) mass is 401 g/mol. The Morgan fingerprint density at radius 3 is 2.38 bits per heavy atom. The van der Waals surface area contributed by atoms with Crippen molar-refractivity contribution in [2.45, 2.75) is 33.6 Å². The summed E-state index contributed by atoms with van der Waals surface area (Å²) in [6, 6.07) is 1.82. The van der Waals surface area contributed by atoms with E-state index in [0.717, 1.165) is 44.6 Å². The molecule has 2 unspecified atom stereocenters. The Hall–Kier alpha value is -2.38. The number of piperazine rings is 1. The van der Waals surface area contributed by atoms with Crippen LogP contribution in [0.2, 0.25) is 0 Å². The normalized spacial score (nSPS) is 23.3. The number of nitrogens with one attached hydrogen (secondary N) is 1. The Balaban J connectivity index is 1.47. The summed E-state index contributed by atoms with van der Waals surface area (Å²) in [5.41, 5.74) is 0. The van der Waals surface area contributed by atoms with Crippen molar-refractivity contribution in [2.24, 2.45) is 16.8 Å². The molecule has 0 radical (unpaired) electrons. The highest BCUT2D eigenvalue weighted by atomic mass is 16.2. The Bertz CT molecular complexity index is 663. The van der Waals surface area contributed by atoms with Gasteiger partial charge in [-0.15, -0.1) is 0 Å². The average molecular weight is 402 g/mol. The van der Waals surface area contributed by atoms with Crippen LogP contribution in [0.3, 0.4) is 0 Å². The molecule has 3 rings (SSSR count). The number of likely N-dealkylation sites (tertiary alicyclic amines) is 1. The molecular weight excluding hydrogens is 366 g/mol.